The van der Waals surface area contributed by atoms with E-state index in [9.17, 15) is 0 Å². The third-order valence-electron chi connectivity index (χ3n) is 5.17. The van der Waals surface area contributed by atoms with Gasteiger partial charge in [0.05, 0.1) is 5.60 Å². The lowest BCUT2D eigenvalue weighted by atomic mass is 9.87. The van der Waals surface area contributed by atoms with Gasteiger partial charge in [-0.25, -0.2) is 0 Å². The fourth-order valence-corrected chi connectivity index (χ4v) is 3.67. The third kappa shape index (κ3) is 2.44. The highest BCUT2D eigenvalue weighted by Crippen LogP contribution is 2.35. The van der Waals surface area contributed by atoms with Crippen LogP contribution in [0.4, 0.5) is 0 Å². The van der Waals surface area contributed by atoms with E-state index in [-0.39, 0.29) is 11.1 Å². The molecule has 4 heteroatoms. The van der Waals surface area contributed by atoms with Crippen molar-refractivity contribution in [1.82, 2.24) is 9.80 Å². The predicted octanol–water partition coefficient (Wildman–Crippen LogP) is 0.909. The minimum absolute atomic E-state index is 0.00478. The Bertz CT molecular complexity index is 287. The van der Waals surface area contributed by atoms with Crippen molar-refractivity contribution in [3.05, 3.63) is 0 Å². The Morgan fingerprint density at radius 1 is 1.39 bits per heavy atom. The molecule has 2 aliphatic rings. The van der Waals surface area contributed by atoms with Gasteiger partial charge in [-0.15, -0.1) is 0 Å². The molecule has 3 unspecified atom stereocenters. The summed E-state index contributed by atoms with van der Waals surface area (Å²) in [6.45, 7) is 8.55. The highest BCUT2D eigenvalue weighted by Gasteiger charge is 2.47. The lowest BCUT2D eigenvalue weighted by Gasteiger charge is -2.48. The number of likely N-dealkylation sites (N-methyl/N-ethyl adjacent to an activating group) is 1. The number of hydrogen-bond donors (Lipinski definition) is 1. The van der Waals surface area contributed by atoms with E-state index in [0.29, 0.717) is 6.04 Å². The van der Waals surface area contributed by atoms with Gasteiger partial charge in [-0.3, -0.25) is 4.90 Å². The summed E-state index contributed by atoms with van der Waals surface area (Å²) in [4.78, 5) is 5.03. The van der Waals surface area contributed by atoms with Gasteiger partial charge in [-0.1, -0.05) is 0 Å². The second-order valence-corrected chi connectivity index (χ2v) is 6.58. The maximum Gasteiger partial charge on any atom is 0.0777 e. The van der Waals surface area contributed by atoms with Crippen LogP contribution >= 0.6 is 0 Å². The Morgan fingerprint density at radius 3 is 2.61 bits per heavy atom. The van der Waals surface area contributed by atoms with Crippen LogP contribution in [0.15, 0.2) is 0 Å². The predicted molar refractivity (Wildman–Crippen MR) is 74.7 cm³/mol. The molecule has 0 saturated carbocycles. The number of likely N-dealkylation sites (tertiary alicyclic amines) is 2. The van der Waals surface area contributed by atoms with Crippen molar-refractivity contribution in [2.75, 3.05) is 40.3 Å². The molecule has 106 valence electrons. The molecule has 2 N–H and O–H groups in total. The van der Waals surface area contributed by atoms with Crippen LogP contribution in [0.3, 0.4) is 0 Å². The number of piperidine rings is 1. The summed E-state index contributed by atoms with van der Waals surface area (Å²) in [5.74, 6) is 0. The van der Waals surface area contributed by atoms with Crippen LogP contribution in [0.2, 0.25) is 0 Å². The Balaban J connectivity index is 2.13. The molecule has 0 aromatic rings. The van der Waals surface area contributed by atoms with Crippen molar-refractivity contribution in [3.8, 4) is 0 Å². The van der Waals surface area contributed by atoms with Crippen molar-refractivity contribution in [1.29, 1.82) is 0 Å². The van der Waals surface area contributed by atoms with E-state index >= 15 is 0 Å². The fraction of sp³-hybridized carbons (Fsp3) is 1.00. The second kappa shape index (κ2) is 5.08. The first-order valence-corrected chi connectivity index (χ1v) is 7.15. The minimum atomic E-state index is 0.00478. The quantitative estimate of drug-likeness (QED) is 0.814. The highest BCUT2D eigenvalue weighted by molar-refractivity contribution is 5.05. The van der Waals surface area contributed by atoms with Gasteiger partial charge in [-0.2, -0.15) is 0 Å². The largest absolute Gasteiger partial charge is 0.377 e. The fourth-order valence-electron chi connectivity index (χ4n) is 3.67. The SMILES string of the molecule is COC1(C)CCCN(C2(CN)CC(C)N(C)C2)C1. The first-order valence-electron chi connectivity index (χ1n) is 7.15. The summed E-state index contributed by atoms with van der Waals surface area (Å²) < 4.78 is 5.72. The van der Waals surface area contributed by atoms with Gasteiger partial charge < -0.3 is 15.4 Å². The maximum atomic E-state index is 6.14. The molecule has 0 spiro atoms. The van der Waals surface area contributed by atoms with Gasteiger partial charge in [0.25, 0.3) is 0 Å². The highest BCUT2D eigenvalue weighted by atomic mass is 16.5. The molecular weight excluding hydrogens is 226 g/mol. The van der Waals surface area contributed by atoms with Gasteiger partial charge in [0, 0.05) is 38.3 Å². The zero-order valence-electron chi connectivity index (χ0n) is 12.4. The number of ether oxygens (including phenoxy) is 1. The monoisotopic (exact) mass is 255 g/mol. The average Bonchev–Trinajstić information content (AvgIpc) is 2.66. The van der Waals surface area contributed by atoms with Crippen LogP contribution in [0.1, 0.15) is 33.1 Å². The van der Waals surface area contributed by atoms with Crippen LogP contribution in [0.5, 0.6) is 0 Å². The average molecular weight is 255 g/mol. The van der Waals surface area contributed by atoms with Gasteiger partial charge in [0.1, 0.15) is 0 Å². The Hall–Kier alpha value is -0.160. The second-order valence-electron chi connectivity index (χ2n) is 6.58. The van der Waals surface area contributed by atoms with E-state index < -0.39 is 0 Å². The summed E-state index contributed by atoms with van der Waals surface area (Å²) in [5, 5.41) is 0. The number of nitrogens with two attached hydrogens (primary N) is 1. The molecule has 2 saturated heterocycles. The normalized spacial score (nSPS) is 43.5. The molecular formula is C14H29N3O. The summed E-state index contributed by atoms with van der Waals surface area (Å²) in [6.07, 6.45) is 3.55. The van der Waals surface area contributed by atoms with E-state index in [2.05, 4.69) is 30.7 Å². The van der Waals surface area contributed by atoms with E-state index in [1.165, 1.54) is 12.8 Å². The zero-order chi connectivity index (χ0) is 13.4. The van der Waals surface area contributed by atoms with Crippen LogP contribution < -0.4 is 5.73 Å². The van der Waals surface area contributed by atoms with Gasteiger partial charge in [0.15, 0.2) is 0 Å². The van der Waals surface area contributed by atoms with Crippen molar-refractivity contribution in [2.45, 2.75) is 50.3 Å². The van der Waals surface area contributed by atoms with Gasteiger partial charge in [0.2, 0.25) is 0 Å². The van der Waals surface area contributed by atoms with Gasteiger partial charge >= 0.3 is 0 Å². The summed E-state index contributed by atoms with van der Waals surface area (Å²) >= 11 is 0. The van der Waals surface area contributed by atoms with E-state index in [4.69, 9.17) is 10.5 Å². The minimum Gasteiger partial charge on any atom is -0.377 e. The van der Waals surface area contributed by atoms with Crippen LogP contribution in [0.25, 0.3) is 0 Å². The van der Waals surface area contributed by atoms with Crippen LogP contribution in [-0.4, -0.2) is 67.3 Å². The Kier molecular flexibility index (Phi) is 4.02. The number of nitrogens with zero attached hydrogens (tertiary/aromatic N) is 2. The maximum absolute atomic E-state index is 6.14. The summed E-state index contributed by atoms with van der Waals surface area (Å²) in [5.41, 5.74) is 6.31. The third-order valence-corrected chi connectivity index (χ3v) is 5.17. The first-order chi connectivity index (χ1) is 8.45. The number of hydrogen-bond acceptors (Lipinski definition) is 4. The lowest BCUT2D eigenvalue weighted by Crippen LogP contribution is -2.61. The van der Waals surface area contributed by atoms with Crippen molar-refractivity contribution < 1.29 is 4.74 Å². The van der Waals surface area contributed by atoms with E-state index in [1.54, 1.807) is 0 Å². The Morgan fingerprint density at radius 2 is 2.11 bits per heavy atom. The zero-order valence-corrected chi connectivity index (χ0v) is 12.4. The molecule has 18 heavy (non-hydrogen) atoms. The first kappa shape index (κ1) is 14.3. The van der Waals surface area contributed by atoms with Crippen molar-refractivity contribution >= 4 is 0 Å². The molecule has 0 aromatic heterocycles. The molecule has 2 heterocycles. The molecule has 2 rings (SSSR count). The number of methoxy groups -OCH3 is 1. The lowest BCUT2D eigenvalue weighted by molar-refractivity contribution is -0.0779. The summed E-state index contributed by atoms with van der Waals surface area (Å²) in [7, 11) is 4.05. The van der Waals surface area contributed by atoms with Crippen LogP contribution in [0, 0.1) is 0 Å². The molecule has 2 fully saturated rings. The van der Waals surface area contributed by atoms with Crippen molar-refractivity contribution in [2.24, 2.45) is 5.73 Å². The standard InChI is InChI=1S/C14H29N3O/c1-12-8-14(9-15,11-16(12)3)17-7-5-6-13(2,10-17)18-4/h12H,5-11,15H2,1-4H3. The Labute approximate surface area is 111 Å². The van der Waals surface area contributed by atoms with Crippen molar-refractivity contribution in [3.63, 3.8) is 0 Å². The molecule has 4 nitrogen and oxygen atoms in total. The molecule has 3 atom stereocenters. The van der Waals surface area contributed by atoms with Gasteiger partial charge in [-0.05, 0) is 46.7 Å². The molecule has 2 aliphatic heterocycles. The van der Waals surface area contributed by atoms with E-state index in [0.717, 1.165) is 32.6 Å². The molecule has 0 radical (unpaired) electrons. The molecule has 0 aromatic carbocycles. The van der Waals surface area contributed by atoms with Crippen LogP contribution in [-0.2, 0) is 4.74 Å². The topological polar surface area (TPSA) is 41.7 Å². The number of rotatable bonds is 3. The molecule has 0 aliphatic carbocycles. The smallest absolute Gasteiger partial charge is 0.0777 e. The molecule has 0 bridgehead atoms. The summed E-state index contributed by atoms with van der Waals surface area (Å²) in [6, 6.07) is 0.629. The van der Waals surface area contributed by atoms with E-state index in [1.807, 2.05) is 7.11 Å². The molecule has 0 amide bonds.